The fraction of sp³-hybridized carbons (Fsp3) is 0.538. The summed E-state index contributed by atoms with van der Waals surface area (Å²) < 4.78 is 0.711. The highest BCUT2D eigenvalue weighted by atomic mass is 35.5. The zero-order chi connectivity index (χ0) is 15.3. The van der Waals surface area contributed by atoms with E-state index in [1.807, 2.05) is 12.1 Å². The molecule has 0 aliphatic heterocycles. The largest absolute Gasteiger partial charge is 0.480 e. The van der Waals surface area contributed by atoms with E-state index in [1.165, 1.54) is 11.3 Å². The molecule has 0 aliphatic rings. The summed E-state index contributed by atoms with van der Waals surface area (Å²) >= 11 is 7.27. The van der Waals surface area contributed by atoms with Gasteiger partial charge in [-0.2, -0.15) is 0 Å². The van der Waals surface area contributed by atoms with Crippen LogP contribution in [0, 0.1) is 5.41 Å². The summed E-state index contributed by atoms with van der Waals surface area (Å²) in [5, 5.41) is 14.2. The lowest BCUT2D eigenvalue weighted by Crippen LogP contribution is -2.52. The van der Waals surface area contributed by atoms with Crippen molar-refractivity contribution in [1.29, 1.82) is 0 Å². The van der Waals surface area contributed by atoms with E-state index in [0.717, 1.165) is 4.88 Å². The number of thiophene rings is 1. The molecule has 1 rings (SSSR count). The molecular formula is C13H19ClN2O3S. The summed E-state index contributed by atoms with van der Waals surface area (Å²) in [5.74, 6) is -1.04. The van der Waals surface area contributed by atoms with Crippen LogP contribution in [0.3, 0.4) is 0 Å². The first kappa shape index (κ1) is 16.8. The number of hydrogen-bond acceptors (Lipinski definition) is 3. The van der Waals surface area contributed by atoms with Crippen molar-refractivity contribution >= 4 is 34.9 Å². The summed E-state index contributed by atoms with van der Waals surface area (Å²) in [6.07, 6.45) is 0.665. The van der Waals surface area contributed by atoms with Crippen molar-refractivity contribution in [3.63, 3.8) is 0 Å². The molecule has 0 spiro atoms. The number of carboxylic acid groups (broad SMARTS) is 1. The maximum Gasteiger partial charge on any atom is 0.326 e. The lowest BCUT2D eigenvalue weighted by Gasteiger charge is -2.27. The van der Waals surface area contributed by atoms with Crippen molar-refractivity contribution in [2.45, 2.75) is 33.2 Å². The SMILES string of the molecule is CC(C)(C)C(NC(=O)NCCc1ccc(Cl)s1)C(=O)O. The number of nitrogens with one attached hydrogen (secondary N) is 2. The summed E-state index contributed by atoms with van der Waals surface area (Å²) in [5.41, 5.74) is -0.551. The van der Waals surface area contributed by atoms with E-state index < -0.39 is 23.5 Å². The highest BCUT2D eigenvalue weighted by Gasteiger charge is 2.32. The predicted molar refractivity (Wildman–Crippen MR) is 80.4 cm³/mol. The monoisotopic (exact) mass is 318 g/mol. The molecule has 1 aromatic heterocycles. The normalized spacial score (nSPS) is 12.8. The van der Waals surface area contributed by atoms with E-state index in [2.05, 4.69) is 10.6 Å². The molecule has 5 nitrogen and oxygen atoms in total. The van der Waals surface area contributed by atoms with Crippen LogP contribution in [0.1, 0.15) is 25.6 Å². The van der Waals surface area contributed by atoms with Crippen LogP contribution < -0.4 is 10.6 Å². The molecule has 1 atom stereocenters. The molecule has 0 saturated carbocycles. The van der Waals surface area contributed by atoms with Gasteiger partial charge in [-0.1, -0.05) is 32.4 Å². The highest BCUT2D eigenvalue weighted by Crippen LogP contribution is 2.21. The maximum absolute atomic E-state index is 11.7. The summed E-state index contributed by atoms with van der Waals surface area (Å²) in [7, 11) is 0. The third kappa shape index (κ3) is 5.38. The van der Waals surface area contributed by atoms with Gasteiger partial charge in [0.2, 0.25) is 0 Å². The second-order valence-electron chi connectivity index (χ2n) is 5.49. The number of carboxylic acids is 1. The molecule has 20 heavy (non-hydrogen) atoms. The Bertz CT molecular complexity index is 482. The molecule has 0 radical (unpaired) electrons. The molecule has 1 heterocycles. The average molecular weight is 319 g/mol. The first-order chi connectivity index (χ1) is 9.20. The Balaban J connectivity index is 2.41. The van der Waals surface area contributed by atoms with Crippen molar-refractivity contribution in [1.82, 2.24) is 10.6 Å². The van der Waals surface area contributed by atoms with Gasteiger partial charge in [0.15, 0.2) is 0 Å². The molecule has 1 unspecified atom stereocenters. The Hall–Kier alpha value is -1.27. The third-order valence-corrected chi connectivity index (χ3v) is 3.97. The molecule has 0 aliphatic carbocycles. The Labute approximate surface area is 127 Å². The fourth-order valence-electron chi connectivity index (χ4n) is 1.62. The van der Waals surface area contributed by atoms with Gasteiger partial charge in [-0.25, -0.2) is 9.59 Å². The van der Waals surface area contributed by atoms with E-state index in [1.54, 1.807) is 20.8 Å². The quantitative estimate of drug-likeness (QED) is 0.781. The van der Waals surface area contributed by atoms with E-state index in [4.69, 9.17) is 16.7 Å². The van der Waals surface area contributed by atoms with Gasteiger partial charge in [0.1, 0.15) is 6.04 Å². The smallest absolute Gasteiger partial charge is 0.326 e. The minimum atomic E-state index is -1.04. The third-order valence-electron chi connectivity index (χ3n) is 2.67. The molecule has 0 aromatic carbocycles. The molecule has 2 amide bonds. The number of urea groups is 1. The van der Waals surface area contributed by atoms with Crippen LogP contribution in [-0.4, -0.2) is 29.7 Å². The number of halogens is 1. The number of carbonyl (C=O) groups is 2. The number of carbonyl (C=O) groups excluding carboxylic acids is 1. The Morgan fingerprint density at radius 2 is 2.05 bits per heavy atom. The molecule has 3 N–H and O–H groups in total. The van der Waals surface area contributed by atoms with Crippen LogP contribution in [0.5, 0.6) is 0 Å². The predicted octanol–water partition coefficient (Wildman–Crippen LogP) is 2.74. The number of hydrogen-bond donors (Lipinski definition) is 3. The lowest BCUT2D eigenvalue weighted by atomic mass is 9.87. The van der Waals surface area contributed by atoms with Crippen LogP contribution in [0.15, 0.2) is 12.1 Å². The van der Waals surface area contributed by atoms with Gasteiger partial charge in [0.25, 0.3) is 0 Å². The average Bonchev–Trinajstić information content (AvgIpc) is 2.70. The first-order valence-corrected chi connectivity index (χ1v) is 7.41. The summed E-state index contributed by atoms with van der Waals surface area (Å²) in [4.78, 5) is 23.9. The van der Waals surface area contributed by atoms with E-state index in [9.17, 15) is 9.59 Å². The standard InChI is InChI=1S/C13H19ClN2O3S/c1-13(2,3)10(11(17)18)16-12(19)15-7-6-8-4-5-9(14)20-8/h4-5,10H,6-7H2,1-3H3,(H,17,18)(H2,15,16,19). The fourth-order valence-corrected chi connectivity index (χ4v) is 2.70. The maximum atomic E-state index is 11.7. The van der Waals surface area contributed by atoms with Gasteiger partial charge in [-0.3, -0.25) is 0 Å². The van der Waals surface area contributed by atoms with Crippen LogP contribution >= 0.6 is 22.9 Å². The van der Waals surface area contributed by atoms with Crippen LogP contribution in [0.25, 0.3) is 0 Å². The number of rotatable bonds is 5. The number of amides is 2. The summed E-state index contributed by atoms with van der Waals surface area (Å²) in [6, 6.07) is 2.30. The Morgan fingerprint density at radius 3 is 2.50 bits per heavy atom. The van der Waals surface area contributed by atoms with E-state index >= 15 is 0 Å². The van der Waals surface area contributed by atoms with Crippen molar-refractivity contribution in [3.05, 3.63) is 21.3 Å². The zero-order valence-electron chi connectivity index (χ0n) is 11.7. The van der Waals surface area contributed by atoms with Crippen molar-refractivity contribution in [3.8, 4) is 0 Å². The van der Waals surface area contributed by atoms with Gasteiger partial charge in [-0.15, -0.1) is 11.3 Å². The second-order valence-corrected chi connectivity index (χ2v) is 7.29. The van der Waals surface area contributed by atoms with Crippen LogP contribution in [0.2, 0.25) is 4.34 Å². The van der Waals surface area contributed by atoms with Crippen LogP contribution in [-0.2, 0) is 11.2 Å². The molecule has 7 heteroatoms. The van der Waals surface area contributed by atoms with Gasteiger partial charge in [0, 0.05) is 11.4 Å². The van der Waals surface area contributed by atoms with Gasteiger partial charge >= 0.3 is 12.0 Å². The van der Waals surface area contributed by atoms with Gasteiger partial charge in [-0.05, 0) is 24.0 Å². The molecule has 0 bridgehead atoms. The zero-order valence-corrected chi connectivity index (χ0v) is 13.3. The van der Waals surface area contributed by atoms with Crippen molar-refractivity contribution in [2.24, 2.45) is 5.41 Å². The Kier molecular flexibility index (Phi) is 5.83. The molecule has 1 aromatic rings. The summed E-state index contributed by atoms with van der Waals surface area (Å²) in [6.45, 7) is 5.72. The lowest BCUT2D eigenvalue weighted by molar-refractivity contribution is -0.141. The topological polar surface area (TPSA) is 78.4 Å². The van der Waals surface area contributed by atoms with Gasteiger partial charge in [0.05, 0.1) is 4.34 Å². The van der Waals surface area contributed by atoms with E-state index in [0.29, 0.717) is 17.3 Å². The number of aliphatic carboxylic acids is 1. The first-order valence-electron chi connectivity index (χ1n) is 6.21. The Morgan fingerprint density at radius 1 is 1.40 bits per heavy atom. The second kappa shape index (κ2) is 6.95. The van der Waals surface area contributed by atoms with Crippen molar-refractivity contribution in [2.75, 3.05) is 6.54 Å². The molecule has 0 saturated heterocycles. The minimum absolute atomic E-state index is 0.430. The molecular weight excluding hydrogens is 300 g/mol. The minimum Gasteiger partial charge on any atom is -0.480 e. The highest BCUT2D eigenvalue weighted by molar-refractivity contribution is 7.16. The van der Waals surface area contributed by atoms with Gasteiger partial charge < -0.3 is 15.7 Å². The van der Waals surface area contributed by atoms with E-state index in [-0.39, 0.29) is 0 Å². The van der Waals surface area contributed by atoms with Crippen LogP contribution in [0.4, 0.5) is 4.79 Å². The molecule has 0 fully saturated rings. The molecule has 112 valence electrons. The van der Waals surface area contributed by atoms with Crippen molar-refractivity contribution < 1.29 is 14.7 Å².